The molecule has 1 aliphatic heterocycles. The lowest BCUT2D eigenvalue weighted by Gasteiger charge is -2.16. The summed E-state index contributed by atoms with van der Waals surface area (Å²) in [4.78, 5) is 12.5. The van der Waals surface area contributed by atoms with Gasteiger partial charge in [0.1, 0.15) is 11.3 Å². The van der Waals surface area contributed by atoms with E-state index < -0.39 is 33.1 Å². The number of carbonyl (C=O) groups is 1. The Hall–Kier alpha value is -2.29. The van der Waals surface area contributed by atoms with Gasteiger partial charge in [-0.2, -0.15) is 5.10 Å². The number of benzene rings is 1. The molecule has 2 aromatic rings. The summed E-state index contributed by atoms with van der Waals surface area (Å²) in [7, 11) is -3.86. The van der Waals surface area contributed by atoms with Crippen LogP contribution in [0.15, 0.2) is 42.6 Å². The maximum Gasteiger partial charge on any atom is 0.287 e. The summed E-state index contributed by atoms with van der Waals surface area (Å²) >= 11 is 0. The smallest absolute Gasteiger partial charge is 0.266 e. The molecule has 2 unspecified atom stereocenters. The molecule has 132 valence electrons. The van der Waals surface area contributed by atoms with Crippen LogP contribution in [0.4, 0.5) is 8.78 Å². The van der Waals surface area contributed by atoms with E-state index in [1.165, 1.54) is 12.3 Å². The predicted octanol–water partition coefficient (Wildman–Crippen LogP) is 2.38. The first-order chi connectivity index (χ1) is 11.8. The standard InChI is InChI=1S/C16H15F2N3O3S/c17-16(18)10-14(16)20-8-6-12(19-20)15(22)21-9-7-13(25(21,23)24)11-4-2-1-3-5-11/h1-6,8,13-14H,7,9-10H2. The number of rotatable bonds is 3. The SMILES string of the molecule is O=C(c1ccn(C2CC2(F)F)n1)N1CCC(c2ccccc2)S1(=O)=O. The Morgan fingerprint density at radius 1 is 1.20 bits per heavy atom. The molecule has 1 saturated carbocycles. The molecule has 0 bridgehead atoms. The van der Waals surface area contributed by atoms with E-state index in [1.54, 1.807) is 30.3 Å². The zero-order valence-electron chi connectivity index (χ0n) is 13.0. The summed E-state index contributed by atoms with van der Waals surface area (Å²) in [6, 6.07) is 8.91. The van der Waals surface area contributed by atoms with Gasteiger partial charge in [-0.25, -0.2) is 21.5 Å². The molecule has 2 atom stereocenters. The quantitative estimate of drug-likeness (QED) is 0.835. The van der Waals surface area contributed by atoms with E-state index in [2.05, 4.69) is 5.10 Å². The van der Waals surface area contributed by atoms with Gasteiger partial charge in [0.25, 0.3) is 11.8 Å². The van der Waals surface area contributed by atoms with E-state index in [0.29, 0.717) is 12.0 Å². The fourth-order valence-electron chi connectivity index (χ4n) is 3.13. The van der Waals surface area contributed by atoms with Crippen LogP contribution in [0.1, 0.15) is 40.2 Å². The average molecular weight is 367 g/mol. The van der Waals surface area contributed by atoms with Crippen LogP contribution in [-0.4, -0.2) is 40.9 Å². The number of alkyl halides is 2. The van der Waals surface area contributed by atoms with Crippen LogP contribution < -0.4 is 0 Å². The Kier molecular flexibility index (Phi) is 3.47. The summed E-state index contributed by atoms with van der Waals surface area (Å²) in [5.74, 6) is -3.59. The summed E-state index contributed by atoms with van der Waals surface area (Å²) in [5, 5.41) is 3.07. The van der Waals surface area contributed by atoms with Gasteiger partial charge in [0, 0.05) is 19.2 Å². The highest BCUT2D eigenvalue weighted by atomic mass is 32.2. The summed E-state index contributed by atoms with van der Waals surface area (Å²) < 4.78 is 53.5. The minimum Gasteiger partial charge on any atom is -0.266 e. The molecular weight excluding hydrogens is 352 g/mol. The van der Waals surface area contributed by atoms with Gasteiger partial charge in [0.05, 0.1) is 0 Å². The molecule has 1 aromatic heterocycles. The molecule has 9 heteroatoms. The first-order valence-electron chi connectivity index (χ1n) is 7.84. The zero-order chi connectivity index (χ0) is 17.8. The monoisotopic (exact) mass is 367 g/mol. The second-order valence-corrected chi connectivity index (χ2v) is 8.31. The molecular formula is C16H15F2N3O3S. The van der Waals surface area contributed by atoms with Crippen LogP contribution >= 0.6 is 0 Å². The van der Waals surface area contributed by atoms with Gasteiger partial charge in [-0.15, -0.1) is 0 Å². The number of nitrogens with zero attached hydrogens (tertiary/aromatic N) is 3. The molecule has 1 aromatic carbocycles. The Bertz CT molecular complexity index is 927. The van der Waals surface area contributed by atoms with Crippen LogP contribution in [0.25, 0.3) is 0 Å². The van der Waals surface area contributed by atoms with Gasteiger partial charge >= 0.3 is 0 Å². The van der Waals surface area contributed by atoms with Crippen molar-refractivity contribution in [1.82, 2.24) is 14.1 Å². The van der Waals surface area contributed by atoms with E-state index in [9.17, 15) is 22.0 Å². The number of hydrogen-bond donors (Lipinski definition) is 0. The molecule has 2 fully saturated rings. The van der Waals surface area contributed by atoms with Gasteiger partial charge in [-0.1, -0.05) is 30.3 Å². The van der Waals surface area contributed by atoms with Crippen molar-refractivity contribution in [2.24, 2.45) is 0 Å². The second-order valence-electron chi connectivity index (χ2n) is 6.27. The van der Waals surface area contributed by atoms with Gasteiger partial charge in [0.2, 0.25) is 10.0 Å². The molecule has 4 rings (SSSR count). The van der Waals surface area contributed by atoms with Crippen molar-refractivity contribution in [3.05, 3.63) is 53.9 Å². The van der Waals surface area contributed by atoms with Gasteiger partial charge in [0.15, 0.2) is 5.69 Å². The van der Waals surface area contributed by atoms with Crippen molar-refractivity contribution in [3.8, 4) is 0 Å². The van der Waals surface area contributed by atoms with Crippen LogP contribution in [0.5, 0.6) is 0 Å². The van der Waals surface area contributed by atoms with Gasteiger partial charge in [-0.3, -0.25) is 9.48 Å². The van der Waals surface area contributed by atoms with Crippen molar-refractivity contribution < 1.29 is 22.0 Å². The van der Waals surface area contributed by atoms with Crippen molar-refractivity contribution >= 4 is 15.9 Å². The molecule has 25 heavy (non-hydrogen) atoms. The van der Waals surface area contributed by atoms with Crippen molar-refractivity contribution in [3.63, 3.8) is 0 Å². The van der Waals surface area contributed by atoms with Crippen molar-refractivity contribution in [2.75, 3.05) is 6.54 Å². The first kappa shape index (κ1) is 16.2. The lowest BCUT2D eigenvalue weighted by molar-refractivity contribution is 0.0855. The second kappa shape index (κ2) is 5.35. The minimum absolute atomic E-state index is 0.0488. The number of amides is 1. The summed E-state index contributed by atoms with van der Waals surface area (Å²) in [6.45, 7) is 0.0488. The largest absolute Gasteiger partial charge is 0.287 e. The number of halogens is 2. The van der Waals surface area contributed by atoms with E-state index in [0.717, 1.165) is 8.99 Å². The molecule has 0 N–H and O–H groups in total. The highest BCUT2D eigenvalue weighted by Gasteiger charge is 2.59. The molecule has 1 aliphatic carbocycles. The topological polar surface area (TPSA) is 72.3 Å². The Labute approximate surface area is 143 Å². The number of hydrogen-bond acceptors (Lipinski definition) is 4. The molecule has 1 saturated heterocycles. The molecule has 6 nitrogen and oxygen atoms in total. The van der Waals surface area contributed by atoms with E-state index >= 15 is 0 Å². The maximum absolute atomic E-state index is 13.1. The van der Waals surface area contributed by atoms with E-state index in [-0.39, 0.29) is 18.7 Å². The first-order valence-corrected chi connectivity index (χ1v) is 9.35. The normalized spacial score (nSPS) is 26.6. The van der Waals surface area contributed by atoms with Crippen LogP contribution in [0, 0.1) is 0 Å². The Morgan fingerprint density at radius 3 is 2.52 bits per heavy atom. The predicted molar refractivity (Wildman–Crippen MR) is 84.6 cm³/mol. The fraction of sp³-hybridized carbons (Fsp3) is 0.375. The van der Waals surface area contributed by atoms with Gasteiger partial charge in [-0.05, 0) is 18.1 Å². The summed E-state index contributed by atoms with van der Waals surface area (Å²) in [6.07, 6.45) is 1.26. The summed E-state index contributed by atoms with van der Waals surface area (Å²) in [5.41, 5.74) is 0.487. The Morgan fingerprint density at radius 2 is 1.88 bits per heavy atom. The number of carbonyl (C=O) groups excluding carboxylic acids is 1. The van der Waals surface area contributed by atoms with Gasteiger partial charge < -0.3 is 0 Å². The van der Waals surface area contributed by atoms with Crippen molar-refractivity contribution in [1.29, 1.82) is 0 Å². The van der Waals surface area contributed by atoms with Crippen LogP contribution in [0.2, 0.25) is 0 Å². The highest BCUT2D eigenvalue weighted by molar-refractivity contribution is 7.90. The molecule has 2 aliphatic rings. The Balaban J connectivity index is 1.57. The molecule has 1 amide bonds. The molecule has 0 radical (unpaired) electrons. The number of aromatic nitrogens is 2. The lowest BCUT2D eigenvalue weighted by Crippen LogP contribution is -2.33. The van der Waals surface area contributed by atoms with Crippen LogP contribution in [0.3, 0.4) is 0 Å². The minimum atomic E-state index is -3.86. The lowest BCUT2D eigenvalue weighted by atomic mass is 10.1. The third-order valence-electron chi connectivity index (χ3n) is 4.60. The van der Waals surface area contributed by atoms with Crippen molar-refractivity contribution in [2.45, 2.75) is 30.1 Å². The number of sulfonamides is 1. The zero-order valence-corrected chi connectivity index (χ0v) is 13.9. The third kappa shape index (κ3) is 2.62. The average Bonchev–Trinajstić information content (AvgIpc) is 2.92. The maximum atomic E-state index is 13.1. The van der Waals surface area contributed by atoms with E-state index in [1.807, 2.05) is 0 Å². The third-order valence-corrected chi connectivity index (χ3v) is 6.79. The van der Waals surface area contributed by atoms with Crippen LogP contribution in [-0.2, 0) is 10.0 Å². The fourth-order valence-corrected chi connectivity index (χ4v) is 5.02. The molecule has 0 spiro atoms. The highest BCUT2D eigenvalue weighted by Crippen LogP contribution is 2.52. The molecule has 2 heterocycles. The van der Waals surface area contributed by atoms with E-state index in [4.69, 9.17) is 0 Å².